The van der Waals surface area contributed by atoms with Crippen molar-refractivity contribution in [2.24, 2.45) is 5.41 Å². The van der Waals surface area contributed by atoms with E-state index in [-0.39, 0.29) is 18.0 Å². The highest BCUT2D eigenvalue weighted by atomic mass is 16.6. The van der Waals surface area contributed by atoms with Crippen LogP contribution in [0, 0.1) is 5.41 Å². The van der Waals surface area contributed by atoms with Crippen LogP contribution in [0.15, 0.2) is 0 Å². The van der Waals surface area contributed by atoms with Gasteiger partial charge in [0.1, 0.15) is 6.61 Å². The summed E-state index contributed by atoms with van der Waals surface area (Å²) >= 11 is 0. The van der Waals surface area contributed by atoms with Crippen LogP contribution in [0.1, 0.15) is 130 Å². The van der Waals surface area contributed by atoms with E-state index in [1.54, 1.807) is 0 Å². The van der Waals surface area contributed by atoms with Crippen LogP contribution in [0.25, 0.3) is 0 Å². The van der Waals surface area contributed by atoms with Gasteiger partial charge in [-0.05, 0) is 19.8 Å². The lowest BCUT2D eigenvalue weighted by atomic mass is 9.80. The van der Waals surface area contributed by atoms with Crippen molar-refractivity contribution in [1.29, 1.82) is 0 Å². The molecule has 0 fully saturated rings. The minimum Gasteiger partial charge on any atom is -0.463 e. The van der Waals surface area contributed by atoms with Crippen LogP contribution in [0.4, 0.5) is 0 Å². The summed E-state index contributed by atoms with van der Waals surface area (Å²) in [6.07, 6.45) is 20.7. The maximum Gasteiger partial charge on any atom is 0.332 e. The van der Waals surface area contributed by atoms with Crippen LogP contribution in [-0.2, 0) is 23.7 Å². The first-order valence-corrected chi connectivity index (χ1v) is 14.5. The third-order valence-electron chi connectivity index (χ3n) is 6.52. The Hall–Kier alpha value is -0.650. The summed E-state index contributed by atoms with van der Waals surface area (Å²) in [4.78, 5) is 12.2. The SMILES string of the molecule is CCCCCCCCCCC(C)(CCCCCCCC)COC(=O)COCCOCCOCC. The van der Waals surface area contributed by atoms with Crippen molar-refractivity contribution in [3.05, 3.63) is 0 Å². The van der Waals surface area contributed by atoms with Gasteiger partial charge in [0.25, 0.3) is 0 Å². The van der Waals surface area contributed by atoms with Crippen molar-refractivity contribution < 1.29 is 23.7 Å². The number of hydrogen-bond acceptors (Lipinski definition) is 5. The van der Waals surface area contributed by atoms with Gasteiger partial charge in [0.2, 0.25) is 0 Å². The zero-order valence-corrected chi connectivity index (χ0v) is 23.3. The largest absolute Gasteiger partial charge is 0.463 e. The van der Waals surface area contributed by atoms with E-state index in [1.807, 2.05) is 6.92 Å². The van der Waals surface area contributed by atoms with Gasteiger partial charge < -0.3 is 18.9 Å². The fraction of sp³-hybridized carbons (Fsp3) is 0.966. The molecule has 0 aliphatic heterocycles. The van der Waals surface area contributed by atoms with E-state index < -0.39 is 0 Å². The first kappa shape index (κ1) is 33.4. The van der Waals surface area contributed by atoms with Crippen molar-refractivity contribution in [2.45, 2.75) is 130 Å². The van der Waals surface area contributed by atoms with Crippen LogP contribution in [-0.4, -0.2) is 52.2 Å². The van der Waals surface area contributed by atoms with Crippen molar-refractivity contribution in [1.82, 2.24) is 0 Å². The Morgan fingerprint density at radius 2 is 1.03 bits per heavy atom. The summed E-state index contributed by atoms with van der Waals surface area (Å²) in [7, 11) is 0. The fourth-order valence-electron chi connectivity index (χ4n) is 4.22. The van der Waals surface area contributed by atoms with Crippen LogP contribution in [0.3, 0.4) is 0 Å². The Bertz CT molecular complexity index is 429. The molecule has 0 heterocycles. The second-order valence-electron chi connectivity index (χ2n) is 10.1. The van der Waals surface area contributed by atoms with Crippen molar-refractivity contribution in [3.8, 4) is 0 Å². The Morgan fingerprint density at radius 3 is 1.53 bits per heavy atom. The fourth-order valence-corrected chi connectivity index (χ4v) is 4.22. The van der Waals surface area contributed by atoms with Gasteiger partial charge in [-0.3, -0.25) is 0 Å². The topological polar surface area (TPSA) is 54.0 Å². The monoisotopic (exact) mass is 486 g/mol. The first-order valence-electron chi connectivity index (χ1n) is 14.5. The van der Waals surface area contributed by atoms with Gasteiger partial charge in [0.15, 0.2) is 0 Å². The molecule has 0 aliphatic rings. The summed E-state index contributed by atoms with van der Waals surface area (Å²) in [5.74, 6) is -0.264. The number of carbonyl (C=O) groups excluding carboxylic acids is 1. The molecule has 0 bridgehead atoms. The van der Waals surface area contributed by atoms with E-state index in [0.717, 1.165) is 12.8 Å². The lowest BCUT2D eigenvalue weighted by Gasteiger charge is -2.29. The van der Waals surface area contributed by atoms with E-state index in [0.29, 0.717) is 39.6 Å². The summed E-state index contributed by atoms with van der Waals surface area (Å²) in [5.41, 5.74) is 0.0744. The molecule has 0 aromatic heterocycles. The molecule has 0 radical (unpaired) electrons. The van der Waals surface area contributed by atoms with Crippen LogP contribution >= 0.6 is 0 Å². The number of ether oxygens (including phenoxy) is 4. The minimum absolute atomic E-state index is 0.000320. The second kappa shape index (κ2) is 25.4. The molecule has 1 unspecified atom stereocenters. The lowest BCUT2D eigenvalue weighted by molar-refractivity contribution is -0.153. The average molecular weight is 487 g/mol. The molecular weight excluding hydrogens is 428 g/mol. The van der Waals surface area contributed by atoms with Gasteiger partial charge in [-0.25, -0.2) is 4.79 Å². The molecule has 0 aromatic rings. The van der Waals surface area contributed by atoms with E-state index in [1.165, 1.54) is 89.9 Å². The predicted molar refractivity (Wildman–Crippen MR) is 142 cm³/mol. The molecule has 204 valence electrons. The number of hydrogen-bond donors (Lipinski definition) is 0. The quantitative estimate of drug-likeness (QED) is 0.0872. The van der Waals surface area contributed by atoms with Crippen molar-refractivity contribution in [3.63, 3.8) is 0 Å². The summed E-state index contributed by atoms with van der Waals surface area (Å²) in [5, 5.41) is 0. The maximum atomic E-state index is 12.2. The number of esters is 1. The minimum atomic E-state index is -0.264. The third kappa shape index (κ3) is 23.1. The molecule has 0 saturated carbocycles. The van der Waals surface area contributed by atoms with Gasteiger partial charge >= 0.3 is 5.97 Å². The van der Waals surface area contributed by atoms with E-state index in [4.69, 9.17) is 18.9 Å². The van der Waals surface area contributed by atoms with Gasteiger partial charge in [-0.15, -0.1) is 0 Å². The molecule has 5 heteroatoms. The summed E-state index contributed by atoms with van der Waals surface area (Å²) in [6.45, 7) is 12.0. The second-order valence-corrected chi connectivity index (χ2v) is 10.1. The Morgan fingerprint density at radius 1 is 0.588 bits per heavy atom. The van der Waals surface area contributed by atoms with Crippen LogP contribution < -0.4 is 0 Å². The smallest absolute Gasteiger partial charge is 0.332 e. The zero-order chi connectivity index (χ0) is 25.2. The molecule has 0 aliphatic carbocycles. The van der Waals surface area contributed by atoms with E-state index in [2.05, 4.69) is 20.8 Å². The molecule has 0 saturated heterocycles. The standard InChI is InChI=1S/C29H58O5/c1-5-8-10-12-14-15-17-19-21-29(4,20-18-16-13-11-9-6-2)27-34-28(30)26-33-25-24-32-23-22-31-7-3/h5-27H2,1-4H3. The molecule has 0 N–H and O–H groups in total. The Labute approximate surface area is 212 Å². The Balaban J connectivity index is 4.16. The molecule has 1 atom stereocenters. The van der Waals surface area contributed by atoms with Crippen molar-refractivity contribution in [2.75, 3.05) is 46.2 Å². The zero-order valence-electron chi connectivity index (χ0n) is 23.3. The number of rotatable bonds is 27. The summed E-state index contributed by atoms with van der Waals surface area (Å²) in [6, 6.07) is 0. The van der Waals surface area contributed by atoms with Gasteiger partial charge in [0, 0.05) is 12.0 Å². The first-order chi connectivity index (χ1) is 16.6. The molecule has 0 rings (SSSR count). The van der Waals surface area contributed by atoms with Gasteiger partial charge in [-0.1, -0.05) is 111 Å². The number of unbranched alkanes of at least 4 members (excludes halogenated alkanes) is 12. The highest BCUT2D eigenvalue weighted by Gasteiger charge is 2.25. The van der Waals surface area contributed by atoms with Crippen LogP contribution in [0.2, 0.25) is 0 Å². The van der Waals surface area contributed by atoms with Crippen LogP contribution in [0.5, 0.6) is 0 Å². The van der Waals surface area contributed by atoms with Crippen molar-refractivity contribution >= 4 is 5.97 Å². The van der Waals surface area contributed by atoms with E-state index in [9.17, 15) is 4.79 Å². The molecular formula is C29H58O5. The third-order valence-corrected chi connectivity index (χ3v) is 6.52. The molecule has 5 nitrogen and oxygen atoms in total. The predicted octanol–water partition coefficient (Wildman–Crippen LogP) is 7.89. The molecule has 0 amide bonds. The number of carbonyl (C=O) groups is 1. The van der Waals surface area contributed by atoms with E-state index >= 15 is 0 Å². The van der Waals surface area contributed by atoms with Gasteiger partial charge in [-0.2, -0.15) is 0 Å². The molecule has 0 spiro atoms. The summed E-state index contributed by atoms with van der Waals surface area (Å²) < 4.78 is 21.7. The molecule has 0 aromatic carbocycles. The highest BCUT2D eigenvalue weighted by molar-refractivity contribution is 5.70. The normalized spacial score (nSPS) is 13.2. The lowest BCUT2D eigenvalue weighted by Crippen LogP contribution is -2.27. The van der Waals surface area contributed by atoms with Gasteiger partial charge in [0.05, 0.1) is 33.0 Å². The molecule has 34 heavy (non-hydrogen) atoms. The highest BCUT2D eigenvalue weighted by Crippen LogP contribution is 2.32. The maximum absolute atomic E-state index is 12.2. The average Bonchev–Trinajstić information content (AvgIpc) is 2.83. The Kier molecular flexibility index (Phi) is 25.0.